The predicted octanol–water partition coefficient (Wildman–Crippen LogP) is 3.43. The lowest BCUT2D eigenvalue weighted by atomic mass is 9.98. The van der Waals surface area contributed by atoms with Crippen LogP contribution in [0.15, 0.2) is 48.5 Å². The summed E-state index contributed by atoms with van der Waals surface area (Å²) in [7, 11) is 0. The minimum Gasteiger partial charge on any atom is -0.479 e. The molecule has 8 nitrogen and oxygen atoms in total. The van der Waals surface area contributed by atoms with Gasteiger partial charge in [-0.3, -0.25) is 4.79 Å². The number of carbonyl (C=O) groups excluding carboxylic acids is 2. The van der Waals surface area contributed by atoms with Crippen LogP contribution >= 0.6 is 0 Å². The lowest BCUT2D eigenvalue weighted by Crippen LogP contribution is -2.40. The molecule has 0 saturated carbocycles. The molecule has 0 bridgehead atoms. The van der Waals surface area contributed by atoms with E-state index in [0.717, 1.165) is 35.1 Å². The molecule has 1 aliphatic rings. The van der Waals surface area contributed by atoms with Crippen LogP contribution in [-0.4, -0.2) is 53.5 Å². The molecule has 2 amide bonds. The van der Waals surface area contributed by atoms with Crippen LogP contribution in [0.25, 0.3) is 11.1 Å². The van der Waals surface area contributed by atoms with E-state index in [0.29, 0.717) is 6.42 Å². The molecule has 182 valence electrons. The van der Waals surface area contributed by atoms with Crippen LogP contribution in [0.4, 0.5) is 4.79 Å². The van der Waals surface area contributed by atoms with Crippen LogP contribution in [0.5, 0.6) is 0 Å². The Hall–Kier alpha value is -3.39. The van der Waals surface area contributed by atoms with Crippen molar-refractivity contribution in [2.45, 2.75) is 57.1 Å². The largest absolute Gasteiger partial charge is 0.479 e. The summed E-state index contributed by atoms with van der Waals surface area (Å²) in [5, 5.41) is 23.4. The van der Waals surface area contributed by atoms with Gasteiger partial charge in [-0.25, -0.2) is 9.59 Å². The second kappa shape index (κ2) is 12.2. The van der Waals surface area contributed by atoms with E-state index in [1.807, 2.05) is 31.2 Å². The summed E-state index contributed by atoms with van der Waals surface area (Å²) < 4.78 is 5.59. The normalized spacial score (nSPS) is 13.9. The van der Waals surface area contributed by atoms with E-state index in [-0.39, 0.29) is 37.8 Å². The Bertz CT molecular complexity index is 963. The van der Waals surface area contributed by atoms with Gasteiger partial charge in [0.1, 0.15) is 6.61 Å². The van der Waals surface area contributed by atoms with Gasteiger partial charge in [0.25, 0.3) is 0 Å². The molecule has 2 aromatic rings. The van der Waals surface area contributed by atoms with Crippen molar-refractivity contribution in [3.8, 4) is 11.1 Å². The minimum absolute atomic E-state index is 0.0394. The molecule has 1 unspecified atom stereocenters. The number of amides is 2. The Morgan fingerprint density at radius 2 is 1.62 bits per heavy atom. The van der Waals surface area contributed by atoms with Gasteiger partial charge in [0.05, 0.1) is 0 Å². The molecular formula is C26H32N2O6. The predicted molar refractivity (Wildman–Crippen MR) is 127 cm³/mol. The molecule has 0 aromatic heterocycles. The number of unbranched alkanes of at least 4 members (excludes halogenated alkanes) is 1. The third-order valence-corrected chi connectivity index (χ3v) is 6.03. The summed E-state index contributed by atoms with van der Waals surface area (Å²) in [6.07, 6.45) is 0.237. The van der Waals surface area contributed by atoms with Crippen molar-refractivity contribution in [3.05, 3.63) is 59.7 Å². The fraction of sp³-hybridized carbons (Fsp3) is 0.423. The van der Waals surface area contributed by atoms with E-state index in [9.17, 15) is 19.5 Å². The van der Waals surface area contributed by atoms with E-state index < -0.39 is 24.2 Å². The van der Waals surface area contributed by atoms with Crippen LogP contribution in [0.1, 0.15) is 56.1 Å². The standard InChI is InChI=1S/C26H32N2O6/c1-2-3-8-17(15-24(30)27-14-13-23(29)25(31)32)28-26(33)34-16-22-20-11-6-4-9-18(20)19-10-5-7-12-21(19)22/h4-7,9-12,17,22-23,29H,2-3,8,13-16H2,1H3,(H,27,30)(H,28,33)(H,31,32)/t17?,23-/m0/s1. The number of benzene rings is 2. The van der Waals surface area contributed by atoms with Crippen molar-refractivity contribution in [1.29, 1.82) is 0 Å². The number of ether oxygens (including phenoxy) is 1. The average Bonchev–Trinajstić information content (AvgIpc) is 3.14. The number of aliphatic hydroxyl groups is 1. The number of alkyl carbamates (subject to hydrolysis) is 1. The van der Waals surface area contributed by atoms with Crippen LogP contribution in [0, 0.1) is 0 Å². The van der Waals surface area contributed by atoms with E-state index >= 15 is 0 Å². The molecule has 0 aliphatic heterocycles. The minimum atomic E-state index is -1.52. The summed E-state index contributed by atoms with van der Waals surface area (Å²) in [6, 6.07) is 15.8. The van der Waals surface area contributed by atoms with Crippen LogP contribution in [-0.2, 0) is 14.3 Å². The summed E-state index contributed by atoms with van der Waals surface area (Å²) in [5.74, 6) is -1.69. The molecule has 1 aliphatic carbocycles. The van der Waals surface area contributed by atoms with Crippen molar-refractivity contribution in [2.75, 3.05) is 13.2 Å². The molecule has 3 rings (SSSR count). The van der Waals surface area contributed by atoms with Crippen molar-refractivity contribution in [3.63, 3.8) is 0 Å². The quantitative estimate of drug-likeness (QED) is 0.378. The van der Waals surface area contributed by atoms with Crippen LogP contribution < -0.4 is 10.6 Å². The zero-order chi connectivity index (χ0) is 24.5. The highest BCUT2D eigenvalue weighted by Crippen LogP contribution is 2.44. The molecule has 8 heteroatoms. The van der Waals surface area contributed by atoms with E-state index in [2.05, 4.69) is 34.9 Å². The third-order valence-electron chi connectivity index (χ3n) is 6.03. The van der Waals surface area contributed by atoms with Gasteiger partial charge in [0, 0.05) is 31.3 Å². The molecule has 34 heavy (non-hydrogen) atoms. The van der Waals surface area contributed by atoms with Gasteiger partial charge in [0.15, 0.2) is 6.10 Å². The maximum atomic E-state index is 12.6. The number of aliphatic carboxylic acids is 1. The molecule has 4 N–H and O–H groups in total. The second-order valence-electron chi connectivity index (χ2n) is 8.51. The van der Waals surface area contributed by atoms with Crippen LogP contribution in [0.3, 0.4) is 0 Å². The fourth-order valence-corrected chi connectivity index (χ4v) is 4.25. The number of rotatable bonds is 12. The van der Waals surface area contributed by atoms with Gasteiger partial charge in [-0.1, -0.05) is 68.3 Å². The fourth-order valence-electron chi connectivity index (χ4n) is 4.25. The molecule has 2 atom stereocenters. The van der Waals surface area contributed by atoms with Gasteiger partial charge < -0.3 is 25.6 Å². The summed E-state index contributed by atoms with van der Waals surface area (Å²) in [4.78, 5) is 35.5. The highest BCUT2D eigenvalue weighted by Gasteiger charge is 2.29. The van der Waals surface area contributed by atoms with Crippen LogP contribution in [0.2, 0.25) is 0 Å². The van der Waals surface area contributed by atoms with Gasteiger partial charge in [0.2, 0.25) is 5.91 Å². The maximum Gasteiger partial charge on any atom is 0.407 e. The number of hydrogen-bond donors (Lipinski definition) is 4. The first kappa shape index (κ1) is 25.2. The SMILES string of the molecule is CCCCC(CC(=O)NCC[C@H](O)C(=O)O)NC(=O)OCC1c2ccccc2-c2ccccc21. The van der Waals surface area contributed by atoms with Crippen molar-refractivity contribution >= 4 is 18.0 Å². The van der Waals surface area contributed by atoms with E-state index in [4.69, 9.17) is 9.84 Å². The maximum absolute atomic E-state index is 12.6. The Balaban J connectivity index is 1.54. The first-order valence-electron chi connectivity index (χ1n) is 11.7. The molecular weight excluding hydrogens is 436 g/mol. The number of nitrogens with one attached hydrogen (secondary N) is 2. The summed E-state index contributed by atoms with van der Waals surface area (Å²) >= 11 is 0. The Labute approximate surface area is 199 Å². The smallest absolute Gasteiger partial charge is 0.407 e. The average molecular weight is 469 g/mol. The number of carboxylic acid groups (broad SMARTS) is 1. The Morgan fingerprint density at radius 3 is 2.21 bits per heavy atom. The highest BCUT2D eigenvalue weighted by atomic mass is 16.5. The Morgan fingerprint density at radius 1 is 1.00 bits per heavy atom. The summed E-state index contributed by atoms with van der Waals surface area (Å²) in [5.41, 5.74) is 4.55. The van der Waals surface area contributed by atoms with Gasteiger partial charge in [-0.05, 0) is 28.7 Å². The van der Waals surface area contributed by atoms with Crippen molar-refractivity contribution in [2.24, 2.45) is 0 Å². The molecule has 0 radical (unpaired) electrons. The number of aliphatic hydroxyl groups excluding tert-OH is 1. The van der Waals surface area contributed by atoms with Gasteiger partial charge >= 0.3 is 12.1 Å². The molecule has 0 fully saturated rings. The topological polar surface area (TPSA) is 125 Å². The van der Waals surface area contributed by atoms with Gasteiger partial charge in [-0.15, -0.1) is 0 Å². The monoisotopic (exact) mass is 468 g/mol. The molecule has 0 heterocycles. The molecule has 0 saturated heterocycles. The van der Waals surface area contributed by atoms with Crippen molar-refractivity contribution < 1.29 is 29.3 Å². The number of hydrogen-bond acceptors (Lipinski definition) is 5. The molecule has 2 aromatic carbocycles. The first-order valence-corrected chi connectivity index (χ1v) is 11.7. The zero-order valence-electron chi connectivity index (χ0n) is 19.3. The lowest BCUT2D eigenvalue weighted by Gasteiger charge is -2.20. The van der Waals surface area contributed by atoms with E-state index in [1.54, 1.807) is 0 Å². The second-order valence-corrected chi connectivity index (χ2v) is 8.51. The number of carboxylic acids is 1. The lowest BCUT2D eigenvalue weighted by molar-refractivity contribution is -0.147. The highest BCUT2D eigenvalue weighted by molar-refractivity contribution is 5.79. The summed E-state index contributed by atoms with van der Waals surface area (Å²) in [6.45, 7) is 2.26. The van der Waals surface area contributed by atoms with Crippen molar-refractivity contribution in [1.82, 2.24) is 10.6 Å². The first-order chi connectivity index (χ1) is 16.4. The van der Waals surface area contributed by atoms with Gasteiger partial charge in [-0.2, -0.15) is 0 Å². The molecule has 0 spiro atoms. The van der Waals surface area contributed by atoms with E-state index in [1.165, 1.54) is 0 Å². The Kier molecular flexibility index (Phi) is 9.04. The zero-order valence-corrected chi connectivity index (χ0v) is 19.3. The number of fused-ring (bicyclic) bond motifs is 3. The number of carbonyl (C=O) groups is 3. The third kappa shape index (κ3) is 6.57.